The van der Waals surface area contributed by atoms with Crippen molar-refractivity contribution in [3.8, 4) is 0 Å². The smallest absolute Gasteiger partial charge is 0.238 e. The summed E-state index contributed by atoms with van der Waals surface area (Å²) in [5, 5.41) is 0. The van der Waals surface area contributed by atoms with Crippen LogP contribution in [0.5, 0.6) is 0 Å². The molecule has 1 spiro atoms. The number of likely N-dealkylation sites (tertiary alicyclic amines) is 2. The molecule has 3 heteroatoms. The Balaban J connectivity index is 2.07. The van der Waals surface area contributed by atoms with Gasteiger partial charge >= 0.3 is 0 Å². The minimum absolute atomic E-state index is 0.0850. The number of nitrogens with zero attached hydrogens (tertiary/aromatic N) is 2. The summed E-state index contributed by atoms with van der Waals surface area (Å²) in [7, 11) is 1.90. The molecule has 3 rings (SSSR count). The Labute approximate surface area is 115 Å². The minimum atomic E-state index is -0.428. The number of carbonyl (C=O) groups is 1. The predicted octanol–water partition coefficient (Wildman–Crippen LogP) is 2.41. The van der Waals surface area contributed by atoms with Gasteiger partial charge in [-0.1, -0.05) is 26.5 Å². The maximum Gasteiger partial charge on any atom is 0.238 e. The fraction of sp³-hybridized carbons (Fsp3) is 0.688. The van der Waals surface area contributed by atoms with Gasteiger partial charge in [0.2, 0.25) is 5.91 Å². The van der Waals surface area contributed by atoms with E-state index in [2.05, 4.69) is 31.4 Å². The van der Waals surface area contributed by atoms with E-state index >= 15 is 0 Å². The van der Waals surface area contributed by atoms with Gasteiger partial charge in [-0.25, -0.2) is 0 Å². The molecule has 0 bridgehead atoms. The van der Waals surface area contributed by atoms with Crippen molar-refractivity contribution < 1.29 is 4.79 Å². The molecule has 2 saturated heterocycles. The minimum Gasteiger partial charge on any atom is -0.374 e. The van der Waals surface area contributed by atoms with Gasteiger partial charge in [0.05, 0.1) is 0 Å². The quantitative estimate of drug-likeness (QED) is 0.676. The lowest BCUT2D eigenvalue weighted by Crippen LogP contribution is -2.39. The molecule has 2 aliphatic heterocycles. The van der Waals surface area contributed by atoms with Crippen LogP contribution in [0.15, 0.2) is 23.9 Å². The van der Waals surface area contributed by atoms with E-state index in [1.54, 1.807) is 0 Å². The summed E-state index contributed by atoms with van der Waals surface area (Å²) < 4.78 is 0. The highest BCUT2D eigenvalue weighted by molar-refractivity contribution is 5.93. The summed E-state index contributed by atoms with van der Waals surface area (Å²) in [6, 6.07) is 0. The zero-order chi connectivity index (χ0) is 13.8. The number of hydrogen-bond acceptors (Lipinski definition) is 2. The molecule has 0 radical (unpaired) electrons. The summed E-state index contributed by atoms with van der Waals surface area (Å²) in [6.45, 7) is 11.6. The molecule has 2 heterocycles. The van der Waals surface area contributed by atoms with Crippen molar-refractivity contribution in [2.45, 2.75) is 33.1 Å². The highest BCUT2D eigenvalue weighted by Crippen LogP contribution is 2.56. The SMILES string of the molecule is C=C1CN(C)C(=O)C12CC(C)(C)C=C2N1CCCC1. The van der Waals surface area contributed by atoms with Gasteiger partial charge < -0.3 is 9.80 Å². The largest absolute Gasteiger partial charge is 0.374 e. The summed E-state index contributed by atoms with van der Waals surface area (Å²) in [5.74, 6) is 0.251. The first-order valence-corrected chi connectivity index (χ1v) is 7.29. The maximum absolute atomic E-state index is 12.8. The maximum atomic E-state index is 12.8. The van der Waals surface area contributed by atoms with Crippen LogP contribution in [0.4, 0.5) is 0 Å². The molecule has 0 saturated carbocycles. The molecule has 3 aliphatic rings. The van der Waals surface area contributed by atoms with Crippen LogP contribution >= 0.6 is 0 Å². The van der Waals surface area contributed by atoms with Crippen LogP contribution in [0, 0.1) is 10.8 Å². The second kappa shape index (κ2) is 3.87. The molecule has 0 aromatic heterocycles. The molecule has 1 atom stereocenters. The van der Waals surface area contributed by atoms with E-state index < -0.39 is 5.41 Å². The third-order valence-corrected chi connectivity index (χ3v) is 4.88. The van der Waals surface area contributed by atoms with Crippen LogP contribution in [-0.4, -0.2) is 42.4 Å². The number of hydrogen-bond donors (Lipinski definition) is 0. The van der Waals surface area contributed by atoms with Gasteiger partial charge in [0.25, 0.3) is 0 Å². The van der Waals surface area contributed by atoms with Crippen LogP contribution in [0.2, 0.25) is 0 Å². The highest BCUT2D eigenvalue weighted by atomic mass is 16.2. The Morgan fingerprint density at radius 1 is 1.26 bits per heavy atom. The van der Waals surface area contributed by atoms with Gasteiger partial charge in [0.15, 0.2) is 0 Å². The molecular formula is C16H24N2O. The van der Waals surface area contributed by atoms with E-state index in [1.165, 1.54) is 18.5 Å². The van der Waals surface area contributed by atoms with Gasteiger partial charge in [-0.15, -0.1) is 0 Å². The Bertz CT molecular complexity index is 471. The first-order valence-electron chi connectivity index (χ1n) is 7.29. The van der Waals surface area contributed by atoms with Crippen molar-refractivity contribution in [2.24, 2.45) is 10.8 Å². The zero-order valence-corrected chi connectivity index (χ0v) is 12.3. The Hall–Kier alpha value is -1.25. The fourth-order valence-corrected chi connectivity index (χ4v) is 4.10. The van der Waals surface area contributed by atoms with Crippen molar-refractivity contribution in [1.82, 2.24) is 9.80 Å². The van der Waals surface area contributed by atoms with E-state index in [4.69, 9.17) is 0 Å². The molecule has 0 aromatic carbocycles. The van der Waals surface area contributed by atoms with Gasteiger partial charge in [-0.05, 0) is 30.3 Å². The summed E-state index contributed by atoms with van der Waals surface area (Å²) in [6.07, 6.45) is 5.70. The Kier molecular flexibility index (Phi) is 2.60. The molecule has 1 amide bonds. The third kappa shape index (κ3) is 1.67. The molecule has 3 nitrogen and oxygen atoms in total. The molecule has 2 fully saturated rings. The van der Waals surface area contributed by atoms with E-state index in [1.807, 2.05) is 11.9 Å². The first-order chi connectivity index (χ1) is 8.87. The van der Waals surface area contributed by atoms with Crippen LogP contribution in [0.1, 0.15) is 33.1 Å². The summed E-state index contributed by atoms with van der Waals surface area (Å²) in [5.41, 5.74) is 1.99. The zero-order valence-electron chi connectivity index (χ0n) is 12.3. The Morgan fingerprint density at radius 3 is 2.42 bits per heavy atom. The molecule has 104 valence electrons. The lowest BCUT2D eigenvalue weighted by molar-refractivity contribution is -0.133. The first kappa shape index (κ1) is 12.8. The van der Waals surface area contributed by atoms with Crippen LogP contribution in [-0.2, 0) is 4.79 Å². The van der Waals surface area contributed by atoms with Gasteiger partial charge in [0.1, 0.15) is 5.41 Å². The van der Waals surface area contributed by atoms with Crippen molar-refractivity contribution in [3.63, 3.8) is 0 Å². The molecule has 1 unspecified atom stereocenters. The van der Waals surface area contributed by atoms with Gasteiger partial charge in [-0.2, -0.15) is 0 Å². The topological polar surface area (TPSA) is 23.6 Å². The van der Waals surface area contributed by atoms with Crippen LogP contribution in [0.3, 0.4) is 0 Å². The average Bonchev–Trinajstić information content (AvgIpc) is 2.97. The summed E-state index contributed by atoms with van der Waals surface area (Å²) in [4.78, 5) is 17.1. The number of amides is 1. The fourth-order valence-electron chi connectivity index (χ4n) is 4.10. The van der Waals surface area contributed by atoms with Crippen LogP contribution in [0.25, 0.3) is 0 Å². The van der Waals surface area contributed by atoms with Gasteiger partial charge in [-0.3, -0.25) is 4.79 Å². The average molecular weight is 260 g/mol. The van der Waals surface area contributed by atoms with E-state index in [-0.39, 0.29) is 11.3 Å². The lowest BCUT2D eigenvalue weighted by Gasteiger charge is -2.33. The highest BCUT2D eigenvalue weighted by Gasteiger charge is 2.58. The lowest BCUT2D eigenvalue weighted by atomic mass is 9.75. The molecule has 0 N–H and O–H groups in total. The van der Waals surface area contributed by atoms with Gasteiger partial charge in [0, 0.05) is 32.4 Å². The number of rotatable bonds is 1. The summed E-state index contributed by atoms with van der Waals surface area (Å²) >= 11 is 0. The Morgan fingerprint density at radius 2 is 1.89 bits per heavy atom. The van der Waals surface area contributed by atoms with Crippen LogP contribution < -0.4 is 0 Å². The van der Waals surface area contributed by atoms with E-state index in [0.717, 1.165) is 25.1 Å². The molecule has 19 heavy (non-hydrogen) atoms. The van der Waals surface area contributed by atoms with Crippen molar-refractivity contribution in [2.75, 3.05) is 26.7 Å². The van der Waals surface area contributed by atoms with E-state index in [9.17, 15) is 4.79 Å². The third-order valence-electron chi connectivity index (χ3n) is 4.88. The van der Waals surface area contributed by atoms with E-state index in [0.29, 0.717) is 6.54 Å². The second-order valence-corrected chi connectivity index (χ2v) is 7.06. The normalized spacial score (nSPS) is 33.7. The second-order valence-electron chi connectivity index (χ2n) is 7.06. The number of carbonyl (C=O) groups excluding carboxylic acids is 1. The molecular weight excluding hydrogens is 236 g/mol. The van der Waals surface area contributed by atoms with Crippen molar-refractivity contribution in [3.05, 3.63) is 23.9 Å². The standard InChI is InChI=1S/C16H24N2O/c1-12-10-17(4)14(19)16(12)11-15(2,3)9-13(16)18-7-5-6-8-18/h9H,1,5-8,10-11H2,2-4H3. The van der Waals surface area contributed by atoms with Crippen molar-refractivity contribution >= 4 is 5.91 Å². The number of allylic oxidation sites excluding steroid dienone is 1. The molecule has 1 aliphatic carbocycles. The predicted molar refractivity (Wildman–Crippen MR) is 76.5 cm³/mol. The number of likely N-dealkylation sites (N-methyl/N-ethyl adjacent to an activating group) is 1. The van der Waals surface area contributed by atoms with Crippen molar-refractivity contribution in [1.29, 1.82) is 0 Å². The molecule has 0 aromatic rings. The monoisotopic (exact) mass is 260 g/mol.